The number of benzene rings is 1. The number of ether oxygens (including phenoxy) is 1. The van der Waals surface area contributed by atoms with Crippen molar-refractivity contribution >= 4 is 40.1 Å². The first-order chi connectivity index (χ1) is 6.07. The number of hydrogen-bond acceptors (Lipinski definition) is 2. The van der Waals surface area contributed by atoms with Crippen LogP contribution in [-0.2, 0) is 0 Å². The Morgan fingerprint density at radius 1 is 1.62 bits per heavy atom. The molecule has 0 aliphatic carbocycles. The van der Waals surface area contributed by atoms with Crippen LogP contribution >= 0.6 is 34.2 Å². The maximum Gasteiger partial charge on any atom is 0.253 e. The van der Waals surface area contributed by atoms with E-state index in [2.05, 4.69) is 0 Å². The molecule has 70 valence electrons. The van der Waals surface area contributed by atoms with E-state index < -0.39 is 5.91 Å². The molecule has 1 rings (SSSR count). The zero-order valence-corrected chi connectivity index (χ0v) is 9.72. The van der Waals surface area contributed by atoms with E-state index in [0.717, 1.165) is 0 Å². The molecule has 0 heterocycles. The van der Waals surface area contributed by atoms with Crippen molar-refractivity contribution in [3.63, 3.8) is 0 Å². The van der Waals surface area contributed by atoms with Gasteiger partial charge in [-0.25, -0.2) is 0 Å². The second kappa shape index (κ2) is 4.15. The van der Waals surface area contributed by atoms with Crippen LogP contribution < -0.4 is 10.5 Å². The van der Waals surface area contributed by atoms with Crippen molar-refractivity contribution in [3.05, 3.63) is 26.3 Å². The summed E-state index contributed by atoms with van der Waals surface area (Å²) in [5.74, 6) is -0.0925. The third-order valence-electron chi connectivity index (χ3n) is 1.52. The van der Waals surface area contributed by atoms with Crippen molar-refractivity contribution in [1.29, 1.82) is 0 Å². The fourth-order valence-corrected chi connectivity index (χ4v) is 1.80. The molecule has 2 N–H and O–H groups in total. The minimum absolute atomic E-state index is 0.329. The lowest BCUT2D eigenvalue weighted by Crippen LogP contribution is -2.14. The van der Waals surface area contributed by atoms with Gasteiger partial charge in [0.1, 0.15) is 5.75 Å². The Morgan fingerprint density at radius 3 is 2.69 bits per heavy atom. The van der Waals surface area contributed by atoms with E-state index in [1.165, 1.54) is 7.11 Å². The summed E-state index contributed by atoms with van der Waals surface area (Å²) in [6.45, 7) is 0. The number of rotatable bonds is 2. The van der Waals surface area contributed by atoms with E-state index in [9.17, 15) is 4.79 Å². The van der Waals surface area contributed by atoms with E-state index >= 15 is 0 Å². The van der Waals surface area contributed by atoms with Crippen LogP contribution in [0, 0.1) is 3.57 Å². The molecule has 0 saturated heterocycles. The van der Waals surface area contributed by atoms with Gasteiger partial charge in [0.2, 0.25) is 0 Å². The lowest BCUT2D eigenvalue weighted by atomic mass is 10.2. The fourth-order valence-electron chi connectivity index (χ4n) is 0.933. The van der Waals surface area contributed by atoms with Crippen molar-refractivity contribution < 1.29 is 9.53 Å². The monoisotopic (exact) mass is 311 g/mol. The molecule has 1 aromatic carbocycles. The molecule has 0 fully saturated rings. The van der Waals surface area contributed by atoms with Crippen molar-refractivity contribution in [2.75, 3.05) is 7.11 Å². The van der Waals surface area contributed by atoms with Crippen molar-refractivity contribution in [2.45, 2.75) is 0 Å². The summed E-state index contributed by atoms with van der Waals surface area (Å²) in [7, 11) is 1.48. The van der Waals surface area contributed by atoms with Gasteiger partial charge in [0, 0.05) is 3.57 Å². The average Bonchev–Trinajstić information content (AvgIpc) is 2.08. The number of methoxy groups -OCH3 is 1. The van der Waals surface area contributed by atoms with Gasteiger partial charge in [-0.05, 0) is 34.7 Å². The zero-order chi connectivity index (χ0) is 10.0. The van der Waals surface area contributed by atoms with Crippen LogP contribution in [0.4, 0.5) is 0 Å². The maximum absolute atomic E-state index is 11.0. The molecule has 5 heteroatoms. The van der Waals surface area contributed by atoms with Crippen LogP contribution in [0.2, 0.25) is 5.02 Å². The van der Waals surface area contributed by atoms with Crippen LogP contribution in [0.3, 0.4) is 0 Å². The fraction of sp³-hybridized carbons (Fsp3) is 0.125. The molecular formula is C8H7ClINO2. The van der Waals surface area contributed by atoms with Crippen LogP contribution in [-0.4, -0.2) is 13.0 Å². The van der Waals surface area contributed by atoms with Crippen LogP contribution in [0.5, 0.6) is 5.75 Å². The van der Waals surface area contributed by atoms with E-state index in [-0.39, 0.29) is 0 Å². The molecule has 1 aromatic rings. The number of nitrogens with two attached hydrogens (primary N) is 1. The topological polar surface area (TPSA) is 52.3 Å². The van der Waals surface area contributed by atoms with Crippen molar-refractivity contribution in [2.24, 2.45) is 5.73 Å². The molecule has 1 amide bonds. The standard InChI is InChI=1S/C8H7ClINO2/c1-13-5-3-2-4(9)7(10)6(5)8(11)12/h2-3H,1H3,(H2,11,12). The number of amides is 1. The molecule has 0 aliphatic rings. The van der Waals surface area contributed by atoms with Gasteiger partial charge in [-0.15, -0.1) is 0 Å². The minimum Gasteiger partial charge on any atom is -0.496 e. The molecule has 13 heavy (non-hydrogen) atoms. The Labute approximate surface area is 94.3 Å². The number of hydrogen-bond donors (Lipinski definition) is 1. The molecule has 0 bridgehead atoms. The SMILES string of the molecule is COc1ccc(Cl)c(I)c1C(N)=O. The van der Waals surface area contributed by atoms with Crippen LogP contribution in [0.15, 0.2) is 12.1 Å². The van der Waals surface area contributed by atoms with Gasteiger partial charge in [-0.3, -0.25) is 4.79 Å². The highest BCUT2D eigenvalue weighted by Crippen LogP contribution is 2.29. The molecule has 0 unspecified atom stereocenters. The number of carbonyl (C=O) groups is 1. The third-order valence-corrected chi connectivity index (χ3v) is 3.28. The first-order valence-electron chi connectivity index (χ1n) is 3.39. The molecule has 3 nitrogen and oxygen atoms in total. The van der Waals surface area contributed by atoms with E-state index in [0.29, 0.717) is 19.9 Å². The summed E-state index contributed by atoms with van der Waals surface area (Å²) < 4.78 is 5.59. The quantitative estimate of drug-likeness (QED) is 0.850. The second-order valence-corrected chi connectivity index (χ2v) is 3.79. The summed E-state index contributed by atoms with van der Waals surface area (Å²) >= 11 is 7.77. The summed E-state index contributed by atoms with van der Waals surface area (Å²) in [5.41, 5.74) is 5.51. The van der Waals surface area contributed by atoms with Gasteiger partial charge >= 0.3 is 0 Å². The number of halogens is 2. The van der Waals surface area contributed by atoms with Gasteiger partial charge in [0.15, 0.2) is 0 Å². The summed E-state index contributed by atoms with van der Waals surface area (Å²) in [4.78, 5) is 11.0. The number of primary amides is 1. The van der Waals surface area contributed by atoms with Gasteiger partial charge in [0.25, 0.3) is 5.91 Å². The zero-order valence-electron chi connectivity index (χ0n) is 6.80. The van der Waals surface area contributed by atoms with E-state index in [1.54, 1.807) is 12.1 Å². The normalized spacial score (nSPS) is 9.77. The molecule has 0 aliphatic heterocycles. The van der Waals surface area contributed by atoms with E-state index in [4.69, 9.17) is 22.1 Å². The highest BCUT2D eigenvalue weighted by atomic mass is 127. The molecule has 0 aromatic heterocycles. The Morgan fingerprint density at radius 2 is 2.23 bits per heavy atom. The highest BCUT2D eigenvalue weighted by Gasteiger charge is 2.15. The lowest BCUT2D eigenvalue weighted by molar-refractivity contribution is 0.0996. The first kappa shape index (κ1) is 10.6. The summed E-state index contributed by atoms with van der Waals surface area (Å²) in [6.07, 6.45) is 0. The first-order valence-corrected chi connectivity index (χ1v) is 4.85. The predicted octanol–water partition coefficient (Wildman–Crippen LogP) is 2.05. The largest absolute Gasteiger partial charge is 0.496 e. The third kappa shape index (κ3) is 2.05. The molecule has 0 spiro atoms. The van der Waals surface area contributed by atoms with E-state index in [1.807, 2.05) is 22.6 Å². The predicted molar refractivity (Wildman–Crippen MR) is 59.2 cm³/mol. The highest BCUT2D eigenvalue weighted by molar-refractivity contribution is 14.1. The Balaban J connectivity index is 3.41. The molecule has 0 radical (unpaired) electrons. The van der Waals surface area contributed by atoms with Gasteiger partial charge in [-0.1, -0.05) is 11.6 Å². The van der Waals surface area contributed by atoms with Crippen molar-refractivity contribution in [1.82, 2.24) is 0 Å². The van der Waals surface area contributed by atoms with Gasteiger partial charge < -0.3 is 10.5 Å². The molecule has 0 atom stereocenters. The maximum atomic E-state index is 11.0. The second-order valence-electron chi connectivity index (χ2n) is 2.30. The Bertz CT molecular complexity index is 354. The van der Waals surface area contributed by atoms with Crippen molar-refractivity contribution in [3.8, 4) is 5.75 Å². The lowest BCUT2D eigenvalue weighted by Gasteiger charge is -2.08. The number of carbonyl (C=O) groups excluding carboxylic acids is 1. The summed E-state index contributed by atoms with van der Waals surface area (Å²) in [6, 6.07) is 3.28. The van der Waals surface area contributed by atoms with Crippen LogP contribution in [0.25, 0.3) is 0 Å². The molecule has 0 saturated carbocycles. The van der Waals surface area contributed by atoms with Gasteiger partial charge in [0.05, 0.1) is 17.7 Å². The van der Waals surface area contributed by atoms with Gasteiger partial charge in [-0.2, -0.15) is 0 Å². The smallest absolute Gasteiger partial charge is 0.253 e. The summed E-state index contributed by atoms with van der Waals surface area (Å²) in [5, 5.41) is 0.496. The molecular weight excluding hydrogens is 304 g/mol. The van der Waals surface area contributed by atoms with Crippen LogP contribution in [0.1, 0.15) is 10.4 Å². The Hall–Kier alpha value is -0.490. The average molecular weight is 312 g/mol. The Kier molecular flexibility index (Phi) is 3.38. The minimum atomic E-state index is -0.538.